The maximum Gasteiger partial charge on any atom is 2.00 e. The van der Waals surface area contributed by atoms with Gasteiger partial charge in [0.2, 0.25) is 0 Å². The molecule has 4 aromatic rings. The van der Waals surface area contributed by atoms with Crippen LogP contribution in [0.2, 0.25) is 0 Å². The summed E-state index contributed by atoms with van der Waals surface area (Å²) < 4.78 is 0. The van der Waals surface area contributed by atoms with Crippen molar-refractivity contribution in [1.29, 1.82) is 0 Å². The first kappa shape index (κ1) is 19.5. The summed E-state index contributed by atoms with van der Waals surface area (Å²) in [5.74, 6) is -0.195. The molecule has 4 aromatic carbocycles. The van der Waals surface area contributed by atoms with Gasteiger partial charge in [0.25, 0.3) is 0 Å². The molecule has 0 saturated heterocycles. The van der Waals surface area contributed by atoms with E-state index >= 15 is 0 Å². The molecule has 0 aliphatic rings. The van der Waals surface area contributed by atoms with Crippen molar-refractivity contribution in [3.63, 3.8) is 0 Å². The average Bonchev–Trinajstić information content (AvgIpc) is 3.40. The normalized spacial score (nSPS) is 9.38. The third-order valence-corrected chi connectivity index (χ3v) is 3.23. The predicted molar refractivity (Wildman–Crippen MR) is 94.1 cm³/mol. The second-order valence-corrected chi connectivity index (χ2v) is 4.87. The van der Waals surface area contributed by atoms with Crippen molar-refractivity contribution in [3.05, 3.63) is 121 Å². The molecule has 0 heterocycles. The minimum absolute atomic E-state index is 0. The van der Waals surface area contributed by atoms with Crippen molar-refractivity contribution < 1.29 is 21.9 Å². The van der Waals surface area contributed by atoms with Gasteiger partial charge in [-0.05, 0) is 24.3 Å². The van der Waals surface area contributed by atoms with Gasteiger partial charge in [-0.2, -0.15) is 5.91 Å². The number of benzene rings is 2. The van der Waals surface area contributed by atoms with Crippen LogP contribution in [-0.2, 0) is 17.1 Å². The van der Waals surface area contributed by atoms with E-state index in [9.17, 15) is 4.79 Å². The monoisotopic (exact) mass is 373 g/mol. The number of carbonyl (C=O) groups excluding carboxylic acids is 1. The molecule has 0 bridgehead atoms. The first-order valence-corrected chi connectivity index (χ1v) is 7.52. The number of anilines is 2. The number of hydrogen-bond donors (Lipinski definition) is 0. The summed E-state index contributed by atoms with van der Waals surface area (Å²) in [6.07, 6.45) is 0. The maximum atomic E-state index is 12.6. The smallest absolute Gasteiger partial charge is 0.999 e. The Kier molecular flexibility index (Phi) is 7.63. The molecule has 2 nitrogen and oxygen atoms in total. The van der Waals surface area contributed by atoms with Crippen LogP contribution in [0.1, 0.15) is 10.4 Å². The number of para-hydroxylation sites is 2. The number of nitrogens with zero attached hydrogens (tertiary/aromatic N) is 1. The minimum atomic E-state index is -0.195. The molecule has 26 heavy (non-hydrogen) atoms. The van der Waals surface area contributed by atoms with Crippen molar-refractivity contribution >= 4 is 17.3 Å². The summed E-state index contributed by atoms with van der Waals surface area (Å²) in [6.45, 7) is 0. The SMILES string of the molecule is O=C([c-]1[c-][c-][c-][c-]1)N(c1ccccc1)c1ccccc1.[Fe+2].[c-]1[c-][c-][cH-][c-]1. The molecule has 0 fully saturated rings. The molecule has 130 valence electrons. The van der Waals surface area contributed by atoms with E-state index in [1.54, 1.807) is 11.0 Å². The Morgan fingerprint density at radius 3 is 1.62 bits per heavy atom. The van der Waals surface area contributed by atoms with Crippen molar-refractivity contribution in [2.75, 3.05) is 4.90 Å². The van der Waals surface area contributed by atoms with E-state index in [0.717, 1.165) is 11.4 Å². The molecular formula is C23H11FeNO-8. The Hall–Kier alpha value is -2.87. The van der Waals surface area contributed by atoms with Crippen LogP contribution < -0.4 is 4.90 Å². The summed E-state index contributed by atoms with van der Waals surface area (Å²) in [5, 5.41) is 0. The molecule has 3 heteroatoms. The third-order valence-electron chi connectivity index (χ3n) is 3.23. The zero-order valence-corrected chi connectivity index (χ0v) is 14.7. The number of amides is 1. The largest absolute Gasteiger partial charge is 2.00 e. The van der Waals surface area contributed by atoms with Crippen LogP contribution in [0.25, 0.3) is 0 Å². The van der Waals surface area contributed by atoms with Crippen molar-refractivity contribution in [3.8, 4) is 0 Å². The van der Waals surface area contributed by atoms with Gasteiger partial charge in [-0.1, -0.05) is 36.4 Å². The zero-order valence-electron chi connectivity index (χ0n) is 13.6. The van der Waals surface area contributed by atoms with Crippen LogP contribution in [0.5, 0.6) is 0 Å². The topological polar surface area (TPSA) is 20.3 Å². The summed E-state index contributed by atoms with van der Waals surface area (Å²) in [5.41, 5.74) is 1.93. The molecule has 0 atom stereocenters. The Balaban J connectivity index is 0.000000351. The summed E-state index contributed by atoms with van der Waals surface area (Å²) in [4.78, 5) is 14.3. The van der Waals surface area contributed by atoms with E-state index in [1.807, 2.05) is 60.7 Å². The molecule has 0 radical (unpaired) electrons. The van der Waals surface area contributed by atoms with Gasteiger partial charge in [0, 0.05) is 11.4 Å². The maximum absolute atomic E-state index is 12.6. The van der Waals surface area contributed by atoms with E-state index in [4.69, 9.17) is 0 Å². The molecule has 0 saturated carbocycles. The fourth-order valence-corrected chi connectivity index (χ4v) is 2.16. The standard InChI is InChI=1S/C18H10NO.C5H.Fe/c20-18(15-9-7-8-10-15)19(16-11-3-1-4-12-16)17-13-5-2-6-14-17;1-2-4-5-3-1;/h1-6,11-14H;1H;/q2*-5;+2. The summed E-state index contributed by atoms with van der Waals surface area (Å²) in [7, 11) is 0. The van der Waals surface area contributed by atoms with Crippen LogP contribution in [-0.4, -0.2) is 5.91 Å². The van der Waals surface area contributed by atoms with E-state index in [1.165, 1.54) is 0 Å². The van der Waals surface area contributed by atoms with Gasteiger partial charge in [-0.15, -0.1) is 0 Å². The molecule has 0 aliphatic carbocycles. The van der Waals surface area contributed by atoms with Crippen LogP contribution in [0, 0.1) is 48.5 Å². The Morgan fingerprint density at radius 1 is 0.769 bits per heavy atom. The molecule has 0 aliphatic heterocycles. The molecule has 1 amide bonds. The van der Waals surface area contributed by atoms with Crippen molar-refractivity contribution in [1.82, 2.24) is 0 Å². The van der Waals surface area contributed by atoms with Crippen molar-refractivity contribution in [2.45, 2.75) is 0 Å². The van der Waals surface area contributed by atoms with Crippen LogP contribution >= 0.6 is 0 Å². The van der Waals surface area contributed by atoms with E-state index in [2.05, 4.69) is 48.5 Å². The number of hydrogen-bond acceptors (Lipinski definition) is 1. The van der Waals surface area contributed by atoms with Gasteiger partial charge in [-0.3, -0.25) is 0 Å². The summed E-state index contributed by atoms with van der Waals surface area (Å²) in [6, 6.07) is 41.7. The first-order valence-electron chi connectivity index (χ1n) is 7.52. The Labute approximate surface area is 164 Å². The van der Waals surface area contributed by atoms with Crippen molar-refractivity contribution in [2.24, 2.45) is 0 Å². The van der Waals surface area contributed by atoms with Gasteiger partial charge in [0.05, 0.1) is 0 Å². The van der Waals surface area contributed by atoms with Crippen LogP contribution in [0.3, 0.4) is 0 Å². The minimum Gasteiger partial charge on any atom is -0.999 e. The second kappa shape index (κ2) is 10.2. The second-order valence-electron chi connectivity index (χ2n) is 4.87. The summed E-state index contributed by atoms with van der Waals surface area (Å²) >= 11 is 0. The van der Waals surface area contributed by atoms with E-state index < -0.39 is 0 Å². The van der Waals surface area contributed by atoms with Gasteiger partial charge >= 0.3 is 17.1 Å². The average molecular weight is 373 g/mol. The number of rotatable bonds is 3. The van der Waals surface area contributed by atoms with Crippen LogP contribution in [0.4, 0.5) is 11.4 Å². The van der Waals surface area contributed by atoms with Gasteiger partial charge in [-0.25, -0.2) is 0 Å². The van der Waals surface area contributed by atoms with Gasteiger partial charge in [0.15, 0.2) is 0 Å². The predicted octanol–water partition coefficient (Wildman–Crippen LogP) is 4.19. The third kappa shape index (κ3) is 5.06. The van der Waals surface area contributed by atoms with Crippen LogP contribution in [0.15, 0.2) is 66.7 Å². The Bertz CT molecular complexity index is 797. The fourth-order valence-electron chi connectivity index (χ4n) is 2.16. The van der Waals surface area contributed by atoms with Gasteiger partial charge in [0.1, 0.15) is 0 Å². The first-order chi connectivity index (χ1) is 12.4. The molecule has 0 aromatic heterocycles. The zero-order chi connectivity index (χ0) is 17.3. The molecule has 0 unspecified atom stereocenters. The molecule has 0 spiro atoms. The Morgan fingerprint density at radius 2 is 1.23 bits per heavy atom. The number of carbonyl (C=O) groups is 1. The molecule has 4 rings (SSSR count). The quantitative estimate of drug-likeness (QED) is 0.390. The molecule has 0 N–H and O–H groups in total. The molecular weight excluding hydrogens is 362 g/mol. The van der Waals surface area contributed by atoms with E-state index in [0.29, 0.717) is 5.56 Å². The fraction of sp³-hybridized carbons (Fsp3) is 0. The van der Waals surface area contributed by atoms with E-state index in [-0.39, 0.29) is 23.0 Å². The van der Waals surface area contributed by atoms with Gasteiger partial charge < -0.3 is 69.9 Å².